The van der Waals surface area contributed by atoms with Gasteiger partial charge in [-0.1, -0.05) is 60.7 Å². The highest BCUT2D eigenvalue weighted by molar-refractivity contribution is 5.95. The highest BCUT2D eigenvalue weighted by Gasteiger charge is 2.21. The Labute approximate surface area is 139 Å². The van der Waals surface area contributed by atoms with Gasteiger partial charge < -0.3 is 9.67 Å². The number of aromatic carboxylic acids is 1. The van der Waals surface area contributed by atoms with Crippen molar-refractivity contribution < 1.29 is 9.90 Å². The van der Waals surface area contributed by atoms with Crippen molar-refractivity contribution in [3.8, 4) is 22.5 Å². The van der Waals surface area contributed by atoms with Crippen LogP contribution in [0.5, 0.6) is 0 Å². The molecule has 120 valence electrons. The van der Waals surface area contributed by atoms with Crippen LogP contribution in [0.4, 0.5) is 0 Å². The number of benzene rings is 2. The lowest BCUT2D eigenvalue weighted by Gasteiger charge is -2.19. The van der Waals surface area contributed by atoms with Gasteiger partial charge in [0.1, 0.15) is 5.56 Å². The Morgan fingerprint density at radius 2 is 1.50 bits per heavy atom. The van der Waals surface area contributed by atoms with Crippen molar-refractivity contribution in [2.45, 2.75) is 13.5 Å². The molecule has 24 heavy (non-hydrogen) atoms. The van der Waals surface area contributed by atoms with Gasteiger partial charge >= 0.3 is 5.97 Å². The largest absolute Gasteiger partial charge is 0.477 e. The molecule has 3 aromatic rings. The van der Waals surface area contributed by atoms with E-state index in [0.717, 1.165) is 5.56 Å². The van der Waals surface area contributed by atoms with Gasteiger partial charge in [-0.25, -0.2) is 4.79 Å². The second-order valence-corrected chi connectivity index (χ2v) is 5.40. The summed E-state index contributed by atoms with van der Waals surface area (Å²) in [4.78, 5) is 24.2. The fourth-order valence-electron chi connectivity index (χ4n) is 2.93. The maximum Gasteiger partial charge on any atom is 0.341 e. The van der Waals surface area contributed by atoms with Gasteiger partial charge in [-0.15, -0.1) is 0 Å². The van der Waals surface area contributed by atoms with E-state index in [9.17, 15) is 14.7 Å². The Bertz CT molecular complexity index is 928. The predicted octanol–water partition coefficient (Wildman–Crippen LogP) is 3.90. The molecule has 4 heteroatoms. The van der Waals surface area contributed by atoms with E-state index in [1.54, 1.807) is 0 Å². The van der Waals surface area contributed by atoms with Crippen molar-refractivity contribution in [2.75, 3.05) is 0 Å². The average Bonchev–Trinajstić information content (AvgIpc) is 2.62. The normalized spacial score (nSPS) is 10.5. The molecule has 2 aromatic carbocycles. The zero-order valence-electron chi connectivity index (χ0n) is 13.3. The first kappa shape index (κ1) is 15.7. The Morgan fingerprint density at radius 1 is 0.958 bits per heavy atom. The standard InChI is InChI=1S/C20H17NO3/c1-2-21-16(14-9-5-3-6-10-14)13-17(22)18(20(23)24)19(21)15-11-7-4-8-12-15/h3-13H,2H2,1H3,(H,23,24). The summed E-state index contributed by atoms with van der Waals surface area (Å²) < 4.78 is 1.88. The SMILES string of the molecule is CCn1c(-c2ccccc2)cc(=O)c(C(=O)O)c1-c1ccccc1. The number of aromatic nitrogens is 1. The fraction of sp³-hybridized carbons (Fsp3) is 0.100. The van der Waals surface area contributed by atoms with Crippen molar-refractivity contribution in [1.82, 2.24) is 4.57 Å². The van der Waals surface area contributed by atoms with Crippen LogP contribution in [0.25, 0.3) is 22.5 Å². The van der Waals surface area contributed by atoms with Crippen LogP contribution in [0.2, 0.25) is 0 Å². The molecule has 3 rings (SSSR count). The maximum atomic E-state index is 12.5. The van der Waals surface area contributed by atoms with Crippen molar-refractivity contribution in [1.29, 1.82) is 0 Å². The van der Waals surface area contributed by atoms with Gasteiger partial charge in [0.25, 0.3) is 0 Å². The Kier molecular flexibility index (Phi) is 4.29. The summed E-state index contributed by atoms with van der Waals surface area (Å²) in [6, 6.07) is 20.1. The van der Waals surface area contributed by atoms with Gasteiger partial charge in [-0.2, -0.15) is 0 Å². The summed E-state index contributed by atoms with van der Waals surface area (Å²) in [7, 11) is 0. The number of pyridine rings is 1. The minimum absolute atomic E-state index is 0.192. The van der Waals surface area contributed by atoms with Gasteiger partial charge in [0.15, 0.2) is 5.43 Å². The van der Waals surface area contributed by atoms with Gasteiger partial charge in [0.05, 0.1) is 11.4 Å². The quantitative estimate of drug-likeness (QED) is 0.793. The van der Waals surface area contributed by atoms with E-state index in [2.05, 4.69) is 0 Å². The molecule has 0 saturated carbocycles. The second-order valence-electron chi connectivity index (χ2n) is 5.40. The van der Waals surface area contributed by atoms with Gasteiger partial charge in [0, 0.05) is 12.6 Å². The van der Waals surface area contributed by atoms with Crippen molar-refractivity contribution in [3.63, 3.8) is 0 Å². The molecule has 0 saturated heterocycles. The lowest BCUT2D eigenvalue weighted by Crippen LogP contribution is -2.22. The summed E-state index contributed by atoms with van der Waals surface area (Å²) in [6.45, 7) is 2.49. The lowest BCUT2D eigenvalue weighted by atomic mass is 10.0. The molecular weight excluding hydrogens is 302 g/mol. The monoisotopic (exact) mass is 319 g/mol. The van der Waals surface area contributed by atoms with E-state index >= 15 is 0 Å². The van der Waals surface area contributed by atoms with E-state index in [0.29, 0.717) is 23.5 Å². The zero-order valence-corrected chi connectivity index (χ0v) is 13.3. The van der Waals surface area contributed by atoms with E-state index in [-0.39, 0.29) is 5.56 Å². The molecule has 0 spiro atoms. The van der Waals surface area contributed by atoms with Crippen LogP contribution in [0.15, 0.2) is 71.5 Å². The summed E-state index contributed by atoms with van der Waals surface area (Å²) in [5.41, 5.74) is 2.08. The first-order chi connectivity index (χ1) is 11.6. The van der Waals surface area contributed by atoms with Crippen LogP contribution < -0.4 is 5.43 Å². The van der Waals surface area contributed by atoms with Crippen LogP contribution in [-0.2, 0) is 6.54 Å². The average molecular weight is 319 g/mol. The molecular formula is C20H17NO3. The van der Waals surface area contributed by atoms with Crippen LogP contribution >= 0.6 is 0 Å². The third kappa shape index (κ3) is 2.74. The molecule has 0 amide bonds. The van der Waals surface area contributed by atoms with Gasteiger partial charge in [-0.05, 0) is 18.1 Å². The van der Waals surface area contributed by atoms with Gasteiger partial charge in [0.2, 0.25) is 0 Å². The molecule has 0 aliphatic heterocycles. The smallest absolute Gasteiger partial charge is 0.341 e. The molecule has 1 heterocycles. The van der Waals surface area contributed by atoms with E-state index in [4.69, 9.17) is 0 Å². The minimum atomic E-state index is -1.21. The Hall–Kier alpha value is -3.14. The molecule has 1 aromatic heterocycles. The van der Waals surface area contributed by atoms with Crippen molar-refractivity contribution >= 4 is 5.97 Å². The zero-order chi connectivity index (χ0) is 17.1. The first-order valence-corrected chi connectivity index (χ1v) is 7.75. The van der Waals surface area contributed by atoms with Crippen molar-refractivity contribution in [3.05, 3.63) is 82.5 Å². The highest BCUT2D eigenvalue weighted by Crippen LogP contribution is 2.28. The molecule has 0 aliphatic carbocycles. The molecule has 0 radical (unpaired) electrons. The van der Waals surface area contributed by atoms with Crippen LogP contribution in [0.1, 0.15) is 17.3 Å². The molecule has 0 bridgehead atoms. The number of rotatable bonds is 4. The number of carboxylic acid groups (broad SMARTS) is 1. The fourth-order valence-corrected chi connectivity index (χ4v) is 2.93. The number of nitrogens with zero attached hydrogens (tertiary/aromatic N) is 1. The molecule has 1 N–H and O–H groups in total. The third-order valence-electron chi connectivity index (χ3n) is 3.96. The summed E-state index contributed by atoms with van der Waals surface area (Å²) >= 11 is 0. The Morgan fingerprint density at radius 3 is 2.00 bits per heavy atom. The molecule has 0 atom stereocenters. The van der Waals surface area contributed by atoms with E-state index in [1.165, 1.54) is 6.07 Å². The highest BCUT2D eigenvalue weighted by atomic mass is 16.4. The molecule has 0 unspecified atom stereocenters. The summed E-state index contributed by atoms with van der Waals surface area (Å²) in [6.07, 6.45) is 0. The number of hydrogen-bond acceptors (Lipinski definition) is 2. The summed E-state index contributed by atoms with van der Waals surface area (Å²) in [5, 5.41) is 9.58. The minimum Gasteiger partial charge on any atom is -0.477 e. The van der Waals surface area contributed by atoms with Crippen LogP contribution in [-0.4, -0.2) is 15.6 Å². The summed E-state index contributed by atoms with van der Waals surface area (Å²) in [5.74, 6) is -1.21. The Balaban J connectivity index is 2.42. The van der Waals surface area contributed by atoms with Crippen molar-refractivity contribution in [2.24, 2.45) is 0 Å². The second kappa shape index (κ2) is 6.54. The lowest BCUT2D eigenvalue weighted by molar-refractivity contribution is 0.0695. The molecule has 0 fully saturated rings. The topological polar surface area (TPSA) is 59.3 Å². The van der Waals surface area contributed by atoms with Crippen LogP contribution in [0, 0.1) is 0 Å². The van der Waals surface area contributed by atoms with Gasteiger partial charge in [-0.3, -0.25) is 4.79 Å². The number of carboxylic acids is 1. The van der Waals surface area contributed by atoms with E-state index in [1.807, 2.05) is 72.2 Å². The first-order valence-electron chi connectivity index (χ1n) is 7.75. The molecule has 4 nitrogen and oxygen atoms in total. The maximum absolute atomic E-state index is 12.5. The molecule has 0 aliphatic rings. The predicted molar refractivity (Wildman–Crippen MR) is 94.2 cm³/mol. The number of carbonyl (C=O) groups is 1. The third-order valence-corrected chi connectivity index (χ3v) is 3.96. The van der Waals surface area contributed by atoms with Crippen LogP contribution in [0.3, 0.4) is 0 Å². The van der Waals surface area contributed by atoms with E-state index < -0.39 is 11.4 Å². The number of hydrogen-bond donors (Lipinski definition) is 1.